The smallest absolute Gasteiger partial charge is 0.289 e. The fourth-order valence-corrected chi connectivity index (χ4v) is 4.22. The van der Waals surface area contributed by atoms with Gasteiger partial charge in [0, 0.05) is 7.05 Å². The maximum Gasteiger partial charge on any atom is 0.289 e. The number of rotatable bonds is 1. The highest BCUT2D eigenvalue weighted by Crippen LogP contribution is 2.46. The molecule has 4 heteroatoms. The summed E-state index contributed by atoms with van der Waals surface area (Å²) in [4.78, 5) is 27.4. The molecule has 0 saturated heterocycles. The lowest BCUT2D eigenvalue weighted by molar-refractivity contribution is -0.135. The first-order chi connectivity index (χ1) is 11.1. The molecule has 2 aliphatic heterocycles. The molecular weight excluding hydrogens is 290 g/mol. The molecule has 2 heterocycles. The molecule has 4 rings (SSSR count). The number of hydrogen-bond acceptors (Lipinski definition) is 3. The summed E-state index contributed by atoms with van der Waals surface area (Å²) in [5, 5.41) is 0. The summed E-state index contributed by atoms with van der Waals surface area (Å²) in [6, 6.07) is 9.43. The van der Waals surface area contributed by atoms with Crippen molar-refractivity contribution in [3.05, 3.63) is 47.2 Å². The van der Waals surface area contributed by atoms with Crippen molar-refractivity contribution in [2.45, 2.75) is 38.3 Å². The van der Waals surface area contributed by atoms with Crippen LogP contribution in [0.4, 0.5) is 0 Å². The number of benzene rings is 1. The van der Waals surface area contributed by atoms with Crippen molar-refractivity contribution in [2.24, 2.45) is 11.8 Å². The number of carbonyl (C=O) groups is 2. The quantitative estimate of drug-likeness (QED) is 0.801. The number of ketones is 1. The van der Waals surface area contributed by atoms with E-state index in [0.717, 1.165) is 24.8 Å². The van der Waals surface area contributed by atoms with Gasteiger partial charge < -0.3 is 9.64 Å². The molecule has 23 heavy (non-hydrogen) atoms. The van der Waals surface area contributed by atoms with Gasteiger partial charge in [0.05, 0.1) is 17.5 Å². The van der Waals surface area contributed by atoms with E-state index in [-0.39, 0.29) is 29.8 Å². The lowest BCUT2D eigenvalue weighted by atomic mass is 9.74. The molecule has 0 bridgehead atoms. The summed E-state index contributed by atoms with van der Waals surface area (Å²) < 4.78 is 6.04. The third-order valence-corrected chi connectivity index (χ3v) is 5.46. The highest BCUT2D eigenvalue weighted by atomic mass is 16.5. The fraction of sp³-hybridized carbons (Fsp3) is 0.474. The number of ether oxygens (including phenoxy) is 1. The van der Waals surface area contributed by atoms with Crippen LogP contribution in [0.25, 0.3) is 0 Å². The zero-order chi connectivity index (χ0) is 16.1. The highest BCUT2D eigenvalue weighted by Gasteiger charge is 2.51. The van der Waals surface area contributed by atoms with E-state index >= 15 is 0 Å². The van der Waals surface area contributed by atoms with E-state index in [0.29, 0.717) is 17.3 Å². The second-order valence-electron chi connectivity index (χ2n) is 7.02. The Bertz CT molecular complexity index is 694. The normalized spacial score (nSPS) is 33.4. The minimum Gasteiger partial charge on any atom is -0.483 e. The minimum absolute atomic E-state index is 0.0944. The zero-order valence-electron chi connectivity index (χ0n) is 13.5. The van der Waals surface area contributed by atoms with Gasteiger partial charge in [-0.1, -0.05) is 37.3 Å². The van der Waals surface area contributed by atoms with Crippen LogP contribution in [-0.4, -0.2) is 29.7 Å². The van der Waals surface area contributed by atoms with Crippen molar-refractivity contribution in [1.29, 1.82) is 0 Å². The molecule has 1 aromatic carbocycles. The molecule has 0 spiro atoms. The Balaban J connectivity index is 1.78. The maximum absolute atomic E-state index is 13.1. The van der Waals surface area contributed by atoms with E-state index in [9.17, 15) is 9.59 Å². The van der Waals surface area contributed by atoms with Gasteiger partial charge in [-0.25, -0.2) is 0 Å². The molecule has 3 aliphatic rings. The molecule has 1 amide bonds. The van der Waals surface area contributed by atoms with Crippen molar-refractivity contribution in [2.75, 3.05) is 7.05 Å². The van der Waals surface area contributed by atoms with Gasteiger partial charge >= 0.3 is 0 Å². The predicted octanol–water partition coefficient (Wildman–Crippen LogP) is 2.86. The first-order valence-electron chi connectivity index (χ1n) is 8.35. The molecular formula is C19H21NO3. The number of amides is 1. The van der Waals surface area contributed by atoms with Crippen LogP contribution in [0.5, 0.6) is 0 Å². The van der Waals surface area contributed by atoms with Crippen molar-refractivity contribution >= 4 is 11.7 Å². The Morgan fingerprint density at radius 2 is 1.87 bits per heavy atom. The van der Waals surface area contributed by atoms with Crippen LogP contribution in [0.1, 0.15) is 37.8 Å². The summed E-state index contributed by atoms with van der Waals surface area (Å²) in [6.45, 7) is 2.19. The van der Waals surface area contributed by atoms with E-state index in [1.54, 1.807) is 11.9 Å². The number of hydrogen-bond donors (Lipinski definition) is 0. The molecule has 4 unspecified atom stereocenters. The molecule has 120 valence electrons. The third-order valence-electron chi connectivity index (χ3n) is 5.46. The molecule has 0 N–H and O–H groups in total. The Labute approximate surface area is 136 Å². The van der Waals surface area contributed by atoms with Crippen molar-refractivity contribution in [1.82, 2.24) is 4.90 Å². The molecule has 4 nitrogen and oxygen atoms in total. The summed E-state index contributed by atoms with van der Waals surface area (Å²) in [7, 11) is 1.75. The molecule has 1 fully saturated rings. The van der Waals surface area contributed by atoms with Gasteiger partial charge in [0.25, 0.3) is 5.91 Å². The predicted molar refractivity (Wildman–Crippen MR) is 85.4 cm³/mol. The van der Waals surface area contributed by atoms with Crippen LogP contribution >= 0.6 is 0 Å². The van der Waals surface area contributed by atoms with Gasteiger partial charge in [-0.2, -0.15) is 0 Å². The average molecular weight is 311 g/mol. The SMILES string of the molecule is CC1CCC2OC3=C(C(=O)C2C1)C(c1ccccc1)N(C)C3=O. The van der Waals surface area contributed by atoms with E-state index in [1.165, 1.54) is 0 Å². The zero-order valence-corrected chi connectivity index (χ0v) is 13.5. The van der Waals surface area contributed by atoms with E-state index < -0.39 is 0 Å². The second kappa shape index (κ2) is 5.22. The van der Waals surface area contributed by atoms with Gasteiger partial charge in [0.15, 0.2) is 11.5 Å². The number of fused-ring (bicyclic) bond motifs is 1. The van der Waals surface area contributed by atoms with Crippen LogP contribution in [0.2, 0.25) is 0 Å². The van der Waals surface area contributed by atoms with Crippen molar-refractivity contribution < 1.29 is 14.3 Å². The molecule has 1 aromatic rings. The fourth-order valence-electron chi connectivity index (χ4n) is 4.22. The average Bonchev–Trinajstić information content (AvgIpc) is 2.81. The maximum atomic E-state index is 13.1. The Morgan fingerprint density at radius 1 is 1.13 bits per heavy atom. The van der Waals surface area contributed by atoms with Crippen LogP contribution in [0, 0.1) is 11.8 Å². The van der Waals surface area contributed by atoms with Gasteiger partial charge in [0.1, 0.15) is 6.10 Å². The van der Waals surface area contributed by atoms with Gasteiger partial charge in [-0.15, -0.1) is 0 Å². The number of nitrogens with zero attached hydrogens (tertiary/aromatic N) is 1. The molecule has 0 aromatic heterocycles. The Morgan fingerprint density at radius 3 is 2.61 bits per heavy atom. The van der Waals surface area contributed by atoms with Crippen molar-refractivity contribution in [3.63, 3.8) is 0 Å². The van der Waals surface area contributed by atoms with Crippen LogP contribution in [0.3, 0.4) is 0 Å². The van der Waals surface area contributed by atoms with Crippen LogP contribution < -0.4 is 0 Å². The molecule has 1 saturated carbocycles. The number of Topliss-reactive ketones (excluding diaryl/α,β-unsaturated/α-hetero) is 1. The van der Waals surface area contributed by atoms with E-state index in [1.807, 2.05) is 30.3 Å². The van der Waals surface area contributed by atoms with Crippen LogP contribution in [-0.2, 0) is 14.3 Å². The standard InChI is InChI=1S/C19H21NO3/c1-11-8-9-14-13(10-11)17(21)15-16(12-6-4-3-5-7-12)20(2)19(22)18(15)23-14/h3-7,11,13-14,16H,8-10H2,1-2H3. The summed E-state index contributed by atoms with van der Waals surface area (Å²) in [5.74, 6) is 0.690. The Kier molecular flexibility index (Phi) is 3.29. The van der Waals surface area contributed by atoms with Gasteiger partial charge in [-0.3, -0.25) is 9.59 Å². The summed E-state index contributed by atoms with van der Waals surface area (Å²) in [6.07, 6.45) is 2.66. The topological polar surface area (TPSA) is 46.6 Å². The highest BCUT2D eigenvalue weighted by molar-refractivity contribution is 6.11. The monoisotopic (exact) mass is 311 g/mol. The first-order valence-corrected chi connectivity index (χ1v) is 8.35. The molecule has 1 aliphatic carbocycles. The van der Waals surface area contributed by atoms with Gasteiger partial charge in [-0.05, 0) is 30.7 Å². The summed E-state index contributed by atoms with van der Waals surface area (Å²) >= 11 is 0. The van der Waals surface area contributed by atoms with Crippen molar-refractivity contribution in [3.8, 4) is 0 Å². The second-order valence-corrected chi connectivity index (χ2v) is 7.02. The largest absolute Gasteiger partial charge is 0.483 e. The number of likely N-dealkylation sites (N-methyl/N-ethyl adjacent to an activating group) is 1. The molecule has 0 radical (unpaired) electrons. The lowest BCUT2D eigenvalue weighted by Gasteiger charge is -2.37. The summed E-state index contributed by atoms with van der Waals surface area (Å²) in [5.41, 5.74) is 1.53. The van der Waals surface area contributed by atoms with Gasteiger partial charge in [0.2, 0.25) is 0 Å². The Hall–Kier alpha value is -2.10. The van der Waals surface area contributed by atoms with Crippen LogP contribution in [0.15, 0.2) is 41.7 Å². The van der Waals surface area contributed by atoms with E-state index in [2.05, 4.69) is 6.92 Å². The van der Waals surface area contributed by atoms with E-state index in [4.69, 9.17) is 4.74 Å². The lowest BCUT2D eigenvalue weighted by Crippen LogP contribution is -2.41. The third kappa shape index (κ3) is 2.12. The number of carbonyl (C=O) groups excluding carboxylic acids is 2. The minimum atomic E-state index is -0.315. The first kappa shape index (κ1) is 14.5. The molecule has 4 atom stereocenters.